The maximum atomic E-state index is 13.8. The van der Waals surface area contributed by atoms with Gasteiger partial charge in [0.1, 0.15) is 5.82 Å². The van der Waals surface area contributed by atoms with Gasteiger partial charge in [0.15, 0.2) is 5.78 Å². The van der Waals surface area contributed by atoms with Crippen LogP contribution in [-0.2, 0) is 0 Å². The van der Waals surface area contributed by atoms with Crippen molar-refractivity contribution in [1.82, 2.24) is 0 Å². The number of benzene rings is 2. The molecule has 1 aliphatic carbocycles. The van der Waals surface area contributed by atoms with Gasteiger partial charge in [-0.05, 0) is 36.3 Å². The van der Waals surface area contributed by atoms with E-state index < -0.39 is 0 Å². The van der Waals surface area contributed by atoms with Gasteiger partial charge in [0.25, 0.3) is 0 Å². The first-order valence-electron chi connectivity index (χ1n) is 6.90. The summed E-state index contributed by atoms with van der Waals surface area (Å²) in [6, 6.07) is 10.3. The van der Waals surface area contributed by atoms with Crippen molar-refractivity contribution < 1.29 is 9.18 Å². The predicted octanol–water partition coefficient (Wildman–Crippen LogP) is 4.60. The molecule has 0 aromatic heterocycles. The van der Waals surface area contributed by atoms with E-state index in [4.69, 9.17) is 0 Å². The molecule has 2 heteroatoms. The third kappa shape index (κ3) is 2.05. The minimum Gasteiger partial charge on any atom is -0.294 e. The third-order valence-corrected chi connectivity index (χ3v) is 4.33. The Morgan fingerprint density at radius 2 is 1.84 bits per heavy atom. The lowest BCUT2D eigenvalue weighted by atomic mass is 9.87. The van der Waals surface area contributed by atoms with Crippen molar-refractivity contribution in [2.75, 3.05) is 0 Å². The molecule has 0 saturated heterocycles. The topological polar surface area (TPSA) is 17.1 Å². The highest BCUT2D eigenvalue weighted by Gasteiger charge is 2.31. The second-order valence-electron chi connectivity index (χ2n) is 5.52. The van der Waals surface area contributed by atoms with E-state index >= 15 is 0 Å². The first-order valence-corrected chi connectivity index (χ1v) is 6.90. The van der Waals surface area contributed by atoms with Crippen LogP contribution in [0.25, 0.3) is 10.8 Å². The van der Waals surface area contributed by atoms with Crippen LogP contribution in [0.15, 0.2) is 36.4 Å². The summed E-state index contributed by atoms with van der Waals surface area (Å²) >= 11 is 0. The average molecular weight is 256 g/mol. The minimum absolute atomic E-state index is 0.105. The summed E-state index contributed by atoms with van der Waals surface area (Å²) in [6.45, 7) is 2.14. The lowest BCUT2D eigenvalue weighted by Gasteiger charge is -2.15. The van der Waals surface area contributed by atoms with Crippen molar-refractivity contribution in [2.24, 2.45) is 11.8 Å². The van der Waals surface area contributed by atoms with E-state index in [0.717, 1.165) is 24.6 Å². The highest BCUT2D eigenvalue weighted by molar-refractivity contribution is 6.09. The maximum Gasteiger partial charge on any atom is 0.166 e. The first-order chi connectivity index (χ1) is 9.18. The van der Waals surface area contributed by atoms with Crippen LogP contribution in [0.4, 0.5) is 4.39 Å². The Bertz CT molecular complexity index is 632. The number of carbonyl (C=O) groups excluding carboxylic acids is 1. The van der Waals surface area contributed by atoms with E-state index in [1.807, 2.05) is 12.1 Å². The van der Waals surface area contributed by atoms with Crippen LogP contribution in [0.3, 0.4) is 0 Å². The largest absolute Gasteiger partial charge is 0.294 e. The fourth-order valence-electron chi connectivity index (χ4n) is 3.21. The zero-order chi connectivity index (χ0) is 13.4. The van der Waals surface area contributed by atoms with Crippen LogP contribution in [-0.4, -0.2) is 5.78 Å². The molecule has 2 aromatic rings. The van der Waals surface area contributed by atoms with Gasteiger partial charge in [-0.15, -0.1) is 0 Å². The first kappa shape index (κ1) is 12.3. The summed E-state index contributed by atoms with van der Waals surface area (Å²) in [4.78, 5) is 12.7. The number of fused-ring (bicyclic) bond motifs is 1. The van der Waals surface area contributed by atoms with Crippen LogP contribution in [0, 0.1) is 17.7 Å². The molecular formula is C17H17FO. The van der Waals surface area contributed by atoms with Crippen molar-refractivity contribution in [2.45, 2.75) is 26.2 Å². The molecule has 0 bridgehead atoms. The highest BCUT2D eigenvalue weighted by Crippen LogP contribution is 2.35. The summed E-state index contributed by atoms with van der Waals surface area (Å²) in [5.74, 6) is 0.470. The number of rotatable bonds is 2. The molecule has 98 valence electrons. The molecule has 1 nitrogen and oxygen atoms in total. The Balaban J connectivity index is 2.10. The molecule has 2 atom stereocenters. The van der Waals surface area contributed by atoms with E-state index in [9.17, 15) is 9.18 Å². The zero-order valence-electron chi connectivity index (χ0n) is 11.0. The van der Waals surface area contributed by atoms with Gasteiger partial charge in [0.2, 0.25) is 0 Å². The number of hydrogen-bond donors (Lipinski definition) is 0. The van der Waals surface area contributed by atoms with Crippen molar-refractivity contribution in [3.8, 4) is 0 Å². The van der Waals surface area contributed by atoms with Gasteiger partial charge in [0, 0.05) is 16.9 Å². The molecule has 3 rings (SSSR count). The van der Waals surface area contributed by atoms with E-state index in [1.165, 1.54) is 6.07 Å². The number of ketones is 1. The summed E-state index contributed by atoms with van der Waals surface area (Å²) < 4.78 is 13.8. The van der Waals surface area contributed by atoms with Crippen LogP contribution in [0.1, 0.15) is 36.5 Å². The molecule has 2 aromatic carbocycles. The van der Waals surface area contributed by atoms with Gasteiger partial charge >= 0.3 is 0 Å². The van der Waals surface area contributed by atoms with Crippen molar-refractivity contribution >= 4 is 16.6 Å². The fourth-order valence-corrected chi connectivity index (χ4v) is 3.21. The Hall–Kier alpha value is -1.70. The maximum absolute atomic E-state index is 13.8. The van der Waals surface area contributed by atoms with Crippen LogP contribution >= 0.6 is 0 Å². The molecular weight excluding hydrogens is 239 g/mol. The predicted molar refractivity (Wildman–Crippen MR) is 74.7 cm³/mol. The third-order valence-electron chi connectivity index (χ3n) is 4.33. The van der Waals surface area contributed by atoms with Crippen molar-refractivity contribution in [1.29, 1.82) is 0 Å². The molecule has 0 N–H and O–H groups in total. The molecule has 0 radical (unpaired) electrons. The van der Waals surface area contributed by atoms with Gasteiger partial charge < -0.3 is 0 Å². The van der Waals surface area contributed by atoms with Gasteiger partial charge in [0.05, 0.1) is 0 Å². The molecule has 0 amide bonds. The molecule has 0 spiro atoms. The number of Topliss-reactive ketones (excluding diaryl/α,β-unsaturated/α-hetero) is 1. The monoisotopic (exact) mass is 256 g/mol. The standard InChI is InChI=1S/C17H17FO/c1-11-5-4-8-12(11)17(19)15-9-10-16(18)14-7-3-2-6-13(14)15/h2-3,6-7,9-12H,4-5,8H2,1H3. The van der Waals surface area contributed by atoms with Crippen LogP contribution in [0.5, 0.6) is 0 Å². The molecule has 1 saturated carbocycles. The Morgan fingerprint density at radius 3 is 2.53 bits per heavy atom. The molecule has 0 heterocycles. The Morgan fingerprint density at radius 1 is 1.11 bits per heavy atom. The summed E-state index contributed by atoms with van der Waals surface area (Å²) in [7, 11) is 0. The van der Waals surface area contributed by atoms with E-state index in [0.29, 0.717) is 16.9 Å². The number of carbonyl (C=O) groups is 1. The normalized spacial score (nSPS) is 22.8. The van der Waals surface area contributed by atoms with Crippen LogP contribution in [0.2, 0.25) is 0 Å². The minimum atomic E-state index is -0.258. The second-order valence-corrected chi connectivity index (χ2v) is 5.52. The highest BCUT2D eigenvalue weighted by atomic mass is 19.1. The molecule has 1 aliphatic rings. The quantitative estimate of drug-likeness (QED) is 0.718. The van der Waals surface area contributed by atoms with Crippen molar-refractivity contribution in [3.05, 3.63) is 47.8 Å². The summed E-state index contributed by atoms with van der Waals surface area (Å²) in [5.41, 5.74) is 0.677. The number of hydrogen-bond acceptors (Lipinski definition) is 1. The van der Waals surface area contributed by atoms with Gasteiger partial charge in [-0.25, -0.2) is 4.39 Å². The molecule has 1 fully saturated rings. The van der Waals surface area contributed by atoms with Crippen molar-refractivity contribution in [3.63, 3.8) is 0 Å². The second kappa shape index (κ2) is 4.76. The Labute approximate surface area is 112 Å². The summed E-state index contributed by atoms with van der Waals surface area (Å²) in [5, 5.41) is 1.28. The lowest BCUT2D eigenvalue weighted by molar-refractivity contribution is 0.0899. The smallest absolute Gasteiger partial charge is 0.166 e. The SMILES string of the molecule is CC1CCCC1C(=O)c1ccc(F)c2ccccc12. The molecule has 19 heavy (non-hydrogen) atoms. The average Bonchev–Trinajstić information content (AvgIpc) is 2.85. The van der Waals surface area contributed by atoms with E-state index in [1.54, 1.807) is 18.2 Å². The summed E-state index contributed by atoms with van der Waals surface area (Å²) in [6.07, 6.45) is 3.21. The van der Waals surface area contributed by atoms with Crippen LogP contribution < -0.4 is 0 Å². The van der Waals surface area contributed by atoms with Gasteiger partial charge in [-0.1, -0.05) is 37.6 Å². The van der Waals surface area contributed by atoms with Gasteiger partial charge in [-0.2, -0.15) is 0 Å². The Kier molecular flexibility index (Phi) is 3.09. The van der Waals surface area contributed by atoms with Gasteiger partial charge in [-0.3, -0.25) is 4.79 Å². The van der Waals surface area contributed by atoms with E-state index in [2.05, 4.69) is 6.92 Å². The fraction of sp³-hybridized carbons (Fsp3) is 0.353. The lowest BCUT2D eigenvalue weighted by Crippen LogP contribution is -2.17. The molecule has 2 unspecified atom stereocenters. The zero-order valence-corrected chi connectivity index (χ0v) is 11.0. The number of halogens is 1. The molecule has 0 aliphatic heterocycles. The van der Waals surface area contributed by atoms with E-state index in [-0.39, 0.29) is 17.5 Å².